The van der Waals surface area contributed by atoms with Crippen LogP contribution in [-0.2, 0) is 45.2 Å². The summed E-state index contributed by atoms with van der Waals surface area (Å²) in [5.41, 5.74) is 1.42. The molecule has 4 aromatic rings. The minimum Gasteiger partial charge on any atom is -0.481 e. The van der Waals surface area contributed by atoms with Gasteiger partial charge in [0.1, 0.15) is 5.69 Å². The van der Waals surface area contributed by atoms with Crippen molar-refractivity contribution in [3.8, 4) is 11.1 Å². The van der Waals surface area contributed by atoms with Crippen LogP contribution in [0.1, 0.15) is 59.6 Å². The van der Waals surface area contributed by atoms with Crippen LogP contribution >= 0.6 is 0 Å². The predicted octanol–water partition coefficient (Wildman–Crippen LogP) is 5.21. The van der Waals surface area contributed by atoms with Crippen molar-refractivity contribution in [2.45, 2.75) is 63.2 Å². The van der Waals surface area contributed by atoms with Crippen LogP contribution in [0.25, 0.3) is 11.1 Å². The number of nitrogens with one attached hydrogen (secondary N) is 2. The molecule has 10 nitrogen and oxygen atoms in total. The second kappa shape index (κ2) is 14.6. The van der Waals surface area contributed by atoms with Crippen molar-refractivity contribution in [2.24, 2.45) is 0 Å². The molecule has 14 heteroatoms. The Kier molecular flexibility index (Phi) is 10.9. The van der Waals surface area contributed by atoms with Crippen molar-refractivity contribution in [1.29, 1.82) is 0 Å². The molecule has 3 aromatic carbocycles. The molecule has 0 aliphatic carbocycles. The van der Waals surface area contributed by atoms with Gasteiger partial charge in [-0.3, -0.25) is 19.1 Å². The van der Waals surface area contributed by atoms with Crippen molar-refractivity contribution >= 4 is 27.8 Å². The van der Waals surface area contributed by atoms with Crippen molar-refractivity contribution in [1.82, 2.24) is 19.8 Å². The Morgan fingerprint density at radius 1 is 0.979 bits per heavy atom. The number of benzene rings is 3. The maximum absolute atomic E-state index is 13.5. The SMILES string of the molecule is CCCc1cc(C(=O)N[C@@H](CC(=O)O)Cc2ccccc2C(F)(F)F)nn1Cc1ccc(-c2ccccc2S(=O)(=O)NC(C)=O)cc1. The quantitative estimate of drug-likeness (QED) is 0.177. The lowest BCUT2D eigenvalue weighted by molar-refractivity contribution is -0.138. The molecule has 4 rings (SSSR count). The first-order chi connectivity index (χ1) is 22.2. The van der Waals surface area contributed by atoms with Crippen LogP contribution < -0.4 is 10.0 Å². The van der Waals surface area contributed by atoms with Crippen LogP contribution in [0.15, 0.2) is 83.8 Å². The second-order valence-corrected chi connectivity index (χ2v) is 12.6. The molecule has 0 fully saturated rings. The highest BCUT2D eigenvalue weighted by atomic mass is 32.2. The van der Waals surface area contributed by atoms with E-state index in [4.69, 9.17) is 0 Å². The van der Waals surface area contributed by atoms with Crippen LogP contribution in [0.3, 0.4) is 0 Å². The Balaban J connectivity index is 1.55. The fraction of sp³-hybridized carbons (Fsp3) is 0.273. The number of carboxylic acids is 1. The number of carboxylic acid groups (broad SMARTS) is 1. The van der Waals surface area contributed by atoms with Gasteiger partial charge in [-0.05, 0) is 47.7 Å². The Morgan fingerprint density at radius 2 is 1.64 bits per heavy atom. The maximum atomic E-state index is 13.5. The Morgan fingerprint density at radius 3 is 2.28 bits per heavy atom. The number of aliphatic carboxylic acids is 1. The summed E-state index contributed by atoms with van der Waals surface area (Å²) in [5.74, 6) is -2.71. The largest absolute Gasteiger partial charge is 0.481 e. The molecule has 1 heterocycles. The van der Waals surface area contributed by atoms with Gasteiger partial charge in [0.15, 0.2) is 0 Å². The smallest absolute Gasteiger partial charge is 0.416 e. The minimum atomic E-state index is -4.64. The Bertz CT molecular complexity index is 1870. The van der Waals surface area contributed by atoms with Gasteiger partial charge in [-0.25, -0.2) is 13.1 Å². The van der Waals surface area contributed by atoms with E-state index in [0.717, 1.165) is 25.0 Å². The van der Waals surface area contributed by atoms with Crippen LogP contribution in [0.4, 0.5) is 13.2 Å². The zero-order valence-electron chi connectivity index (χ0n) is 25.5. The molecule has 0 saturated carbocycles. The lowest BCUT2D eigenvalue weighted by Gasteiger charge is -2.19. The molecule has 0 unspecified atom stereocenters. The topological polar surface area (TPSA) is 147 Å². The molecule has 0 spiro atoms. The minimum absolute atomic E-state index is 0.0123. The molecule has 0 radical (unpaired) electrons. The van der Waals surface area contributed by atoms with Crippen molar-refractivity contribution < 1.29 is 41.1 Å². The number of hydrogen-bond donors (Lipinski definition) is 3. The number of alkyl halides is 3. The van der Waals surface area contributed by atoms with Gasteiger partial charge in [-0.1, -0.05) is 74.0 Å². The Hall–Kier alpha value is -4.98. The van der Waals surface area contributed by atoms with Crippen LogP contribution in [0, 0.1) is 0 Å². The molecular formula is C33H33F3N4O6S. The number of hydrogen-bond acceptors (Lipinski definition) is 6. The number of sulfonamides is 1. The summed E-state index contributed by atoms with van der Waals surface area (Å²) in [5, 5.41) is 16.4. The van der Waals surface area contributed by atoms with Gasteiger partial charge in [-0.2, -0.15) is 18.3 Å². The predicted molar refractivity (Wildman–Crippen MR) is 167 cm³/mol. The zero-order chi connectivity index (χ0) is 34.4. The van der Waals surface area contributed by atoms with E-state index in [-0.39, 0.29) is 29.1 Å². The summed E-state index contributed by atoms with van der Waals surface area (Å²) < 4.78 is 69.7. The van der Waals surface area contributed by atoms with E-state index in [1.165, 1.54) is 24.3 Å². The fourth-order valence-electron chi connectivity index (χ4n) is 5.19. The summed E-state index contributed by atoms with van der Waals surface area (Å²) >= 11 is 0. The van der Waals surface area contributed by atoms with Gasteiger partial charge >= 0.3 is 12.1 Å². The highest BCUT2D eigenvalue weighted by molar-refractivity contribution is 7.90. The monoisotopic (exact) mass is 670 g/mol. The van der Waals surface area contributed by atoms with E-state index < -0.39 is 52.0 Å². The van der Waals surface area contributed by atoms with E-state index in [2.05, 4.69) is 10.4 Å². The highest BCUT2D eigenvalue weighted by Crippen LogP contribution is 2.33. The van der Waals surface area contributed by atoms with Gasteiger partial charge < -0.3 is 10.4 Å². The number of amides is 2. The van der Waals surface area contributed by atoms with Gasteiger partial charge in [0.2, 0.25) is 5.91 Å². The second-order valence-electron chi connectivity index (χ2n) is 10.9. The number of carbonyl (C=O) groups excluding carboxylic acids is 2. The third kappa shape index (κ3) is 9.06. The molecule has 1 aromatic heterocycles. The van der Waals surface area contributed by atoms with Crippen LogP contribution in [0.2, 0.25) is 0 Å². The van der Waals surface area contributed by atoms with E-state index in [0.29, 0.717) is 23.2 Å². The lowest BCUT2D eigenvalue weighted by atomic mass is 9.98. The van der Waals surface area contributed by atoms with Crippen molar-refractivity contribution in [3.05, 3.63) is 107 Å². The fourth-order valence-corrected chi connectivity index (χ4v) is 6.41. The molecule has 47 heavy (non-hydrogen) atoms. The van der Waals surface area contributed by atoms with Gasteiger partial charge in [-0.15, -0.1) is 0 Å². The molecule has 0 aliphatic rings. The number of carbonyl (C=O) groups is 3. The summed E-state index contributed by atoms with van der Waals surface area (Å²) in [6, 6.07) is 18.5. The lowest BCUT2D eigenvalue weighted by Crippen LogP contribution is -2.38. The molecule has 2 amide bonds. The summed E-state index contributed by atoms with van der Waals surface area (Å²) in [6.07, 6.45) is -4.31. The van der Waals surface area contributed by atoms with E-state index in [9.17, 15) is 41.1 Å². The first kappa shape index (κ1) is 34.9. The molecule has 3 N–H and O–H groups in total. The Labute approximate surface area is 269 Å². The summed E-state index contributed by atoms with van der Waals surface area (Å²) in [7, 11) is -4.09. The molecule has 0 aliphatic heterocycles. The van der Waals surface area contributed by atoms with Gasteiger partial charge in [0.25, 0.3) is 15.9 Å². The molecular weight excluding hydrogens is 637 g/mol. The molecule has 1 atom stereocenters. The van der Waals surface area contributed by atoms with Crippen LogP contribution in [0.5, 0.6) is 0 Å². The average Bonchev–Trinajstić information content (AvgIpc) is 3.39. The first-order valence-electron chi connectivity index (χ1n) is 14.6. The third-order valence-electron chi connectivity index (χ3n) is 7.20. The zero-order valence-corrected chi connectivity index (χ0v) is 26.4. The number of aryl methyl sites for hydroxylation is 1. The molecule has 0 bridgehead atoms. The van der Waals surface area contributed by atoms with Crippen molar-refractivity contribution in [3.63, 3.8) is 0 Å². The number of nitrogens with zero attached hydrogens (tertiary/aromatic N) is 2. The average molecular weight is 671 g/mol. The third-order valence-corrected chi connectivity index (χ3v) is 8.69. The summed E-state index contributed by atoms with van der Waals surface area (Å²) in [4.78, 5) is 36.2. The van der Waals surface area contributed by atoms with Crippen molar-refractivity contribution in [2.75, 3.05) is 0 Å². The standard InChI is InChI=1S/C33H33F3N4O6S/c1-3-8-26-19-29(32(44)37-25(18-31(42)43)17-24-9-4-6-11-28(24)33(34,35)36)38-40(26)20-22-13-15-23(16-14-22)27-10-5-7-12-30(27)47(45,46)39-21(2)41/h4-7,9-16,19,25H,3,8,17-18,20H2,1-2H3,(H,37,44)(H,39,41)(H,42,43)/t25-/m1/s1. The maximum Gasteiger partial charge on any atom is 0.416 e. The normalized spacial score (nSPS) is 12.4. The van der Waals surface area contributed by atoms with E-state index in [1.54, 1.807) is 53.2 Å². The number of halogens is 3. The summed E-state index contributed by atoms with van der Waals surface area (Å²) in [6.45, 7) is 3.30. The van der Waals surface area contributed by atoms with Crippen LogP contribution in [-0.4, -0.2) is 47.1 Å². The van der Waals surface area contributed by atoms with E-state index in [1.807, 2.05) is 11.6 Å². The van der Waals surface area contributed by atoms with Gasteiger partial charge in [0, 0.05) is 24.2 Å². The first-order valence-corrected chi connectivity index (χ1v) is 16.1. The number of aromatic nitrogens is 2. The number of rotatable bonds is 13. The van der Waals surface area contributed by atoms with Gasteiger partial charge in [0.05, 0.1) is 23.4 Å². The molecule has 248 valence electrons. The highest BCUT2D eigenvalue weighted by Gasteiger charge is 2.34. The molecule has 0 saturated heterocycles. The van der Waals surface area contributed by atoms with E-state index >= 15 is 0 Å².